The minimum Gasteiger partial charge on any atom is -0.0843 e. The molecule has 0 aliphatic carbocycles. The van der Waals surface area contributed by atoms with Crippen LogP contribution in [-0.4, -0.2) is 0 Å². The lowest BCUT2D eigenvalue weighted by Gasteiger charge is -2.12. The average molecular weight is 361 g/mol. The fourth-order valence-electron chi connectivity index (χ4n) is 1.50. The molecule has 18 heavy (non-hydrogen) atoms. The maximum atomic E-state index is 6.15. The Morgan fingerprint density at radius 1 is 0.611 bits per heavy atom. The van der Waals surface area contributed by atoms with Gasteiger partial charge in [0.25, 0.3) is 0 Å². The Labute approximate surface area is 134 Å². The van der Waals surface area contributed by atoms with E-state index >= 15 is 0 Å². The fraction of sp³-hybridized carbons (Fsp3) is 0. The van der Waals surface area contributed by atoms with Crippen molar-refractivity contribution in [1.29, 1.82) is 0 Å². The van der Waals surface area contributed by atoms with Crippen molar-refractivity contribution in [1.82, 2.24) is 0 Å². The third kappa shape index (κ3) is 2.70. The Morgan fingerprint density at radius 2 is 1.17 bits per heavy atom. The molecule has 0 bridgehead atoms. The highest BCUT2D eigenvalue weighted by molar-refractivity contribution is 6.50. The molecule has 0 amide bonds. The summed E-state index contributed by atoms with van der Waals surface area (Å²) in [7, 11) is 0. The maximum Gasteiger partial charge on any atom is 0.0687 e. The second kappa shape index (κ2) is 5.66. The Balaban J connectivity index is 2.78. The number of benzene rings is 2. The first-order valence-electron chi connectivity index (χ1n) is 4.70. The summed E-state index contributed by atoms with van der Waals surface area (Å²) < 4.78 is 0. The van der Waals surface area contributed by atoms with Gasteiger partial charge in [-0.1, -0.05) is 75.7 Å². The van der Waals surface area contributed by atoms with Crippen molar-refractivity contribution in [2.75, 3.05) is 0 Å². The van der Waals surface area contributed by atoms with Gasteiger partial charge >= 0.3 is 0 Å². The molecule has 0 fully saturated rings. The van der Waals surface area contributed by atoms with E-state index < -0.39 is 0 Å². The molecule has 0 aliphatic heterocycles. The molecule has 94 valence electrons. The summed E-state index contributed by atoms with van der Waals surface area (Å²) in [6, 6.07) is 6.48. The fourth-order valence-corrected chi connectivity index (χ4v) is 3.02. The van der Waals surface area contributed by atoms with Crippen LogP contribution in [0.2, 0.25) is 30.1 Å². The molecular formula is C12H4Cl6. The average Bonchev–Trinajstić information content (AvgIpc) is 2.29. The minimum absolute atomic E-state index is 0.301. The molecule has 0 saturated heterocycles. The lowest BCUT2D eigenvalue weighted by Crippen LogP contribution is -1.86. The highest BCUT2D eigenvalue weighted by Gasteiger charge is 2.17. The molecule has 0 aromatic heterocycles. The van der Waals surface area contributed by atoms with Crippen LogP contribution in [0, 0.1) is 0 Å². The van der Waals surface area contributed by atoms with Gasteiger partial charge in [-0.25, -0.2) is 0 Å². The molecule has 0 radical (unpaired) electrons. The van der Waals surface area contributed by atoms with E-state index in [1.54, 1.807) is 18.2 Å². The molecule has 2 rings (SSSR count). The highest BCUT2D eigenvalue weighted by atomic mass is 35.5. The van der Waals surface area contributed by atoms with Gasteiger partial charge in [0.15, 0.2) is 0 Å². The summed E-state index contributed by atoms with van der Waals surface area (Å²) >= 11 is 36.2. The summed E-state index contributed by atoms with van der Waals surface area (Å²) in [5, 5.41) is 2.17. The third-order valence-corrected chi connectivity index (χ3v) is 4.43. The van der Waals surface area contributed by atoms with Gasteiger partial charge in [0, 0.05) is 21.2 Å². The van der Waals surface area contributed by atoms with Crippen LogP contribution in [0.3, 0.4) is 0 Å². The third-order valence-electron chi connectivity index (χ3n) is 2.31. The van der Waals surface area contributed by atoms with Gasteiger partial charge in [-0.2, -0.15) is 0 Å². The van der Waals surface area contributed by atoms with Crippen molar-refractivity contribution in [3.8, 4) is 11.1 Å². The van der Waals surface area contributed by atoms with Crippen molar-refractivity contribution in [3.63, 3.8) is 0 Å². The molecular weight excluding hydrogens is 357 g/mol. The standard InChI is InChI=1S/C12H4Cl6/c13-5-1-2-6(7(14)3-5)10-11(17)8(15)4-9(16)12(10)18/h1-4H. The molecule has 0 saturated carbocycles. The van der Waals surface area contributed by atoms with Gasteiger partial charge in [-0.05, 0) is 18.2 Å². The van der Waals surface area contributed by atoms with E-state index in [4.69, 9.17) is 69.6 Å². The van der Waals surface area contributed by atoms with Crippen LogP contribution in [0.5, 0.6) is 0 Å². The molecule has 0 heterocycles. The zero-order chi connectivity index (χ0) is 13.4. The van der Waals surface area contributed by atoms with E-state index in [9.17, 15) is 0 Å². The normalized spacial score (nSPS) is 10.8. The Morgan fingerprint density at radius 3 is 1.67 bits per heavy atom. The van der Waals surface area contributed by atoms with Crippen molar-refractivity contribution < 1.29 is 0 Å². The Hall–Kier alpha value is 0.180. The van der Waals surface area contributed by atoms with E-state index in [0.717, 1.165) is 0 Å². The maximum absolute atomic E-state index is 6.15. The van der Waals surface area contributed by atoms with Gasteiger partial charge in [0.2, 0.25) is 0 Å². The van der Waals surface area contributed by atoms with Crippen LogP contribution in [0.4, 0.5) is 0 Å². The summed E-state index contributed by atoms with van der Waals surface area (Å²) in [5.41, 5.74) is 1.12. The van der Waals surface area contributed by atoms with E-state index in [2.05, 4.69) is 0 Å². The lowest BCUT2D eigenvalue weighted by molar-refractivity contribution is 1.61. The molecule has 0 N–H and O–H groups in total. The van der Waals surface area contributed by atoms with Crippen LogP contribution in [0.15, 0.2) is 24.3 Å². The first kappa shape index (κ1) is 14.6. The first-order valence-corrected chi connectivity index (χ1v) is 6.97. The molecule has 2 aromatic rings. The van der Waals surface area contributed by atoms with Gasteiger partial charge in [0.05, 0.1) is 20.1 Å². The van der Waals surface area contributed by atoms with E-state index in [1.165, 1.54) is 6.07 Å². The monoisotopic (exact) mass is 358 g/mol. The Bertz CT molecular complexity index is 594. The van der Waals surface area contributed by atoms with Crippen molar-refractivity contribution in [2.24, 2.45) is 0 Å². The van der Waals surface area contributed by atoms with Crippen molar-refractivity contribution in [3.05, 3.63) is 54.4 Å². The van der Waals surface area contributed by atoms with E-state index in [1.807, 2.05) is 0 Å². The van der Waals surface area contributed by atoms with Crippen LogP contribution >= 0.6 is 69.6 Å². The molecule has 6 heteroatoms. The van der Waals surface area contributed by atoms with Gasteiger partial charge < -0.3 is 0 Å². The summed E-state index contributed by atoms with van der Waals surface area (Å²) in [6.07, 6.45) is 0. The predicted molar refractivity (Wildman–Crippen MR) is 81.9 cm³/mol. The number of halogens is 6. The smallest absolute Gasteiger partial charge is 0.0687 e. The van der Waals surface area contributed by atoms with Crippen LogP contribution in [0.25, 0.3) is 11.1 Å². The number of hydrogen-bond donors (Lipinski definition) is 0. The largest absolute Gasteiger partial charge is 0.0843 e. The summed E-state index contributed by atoms with van der Waals surface area (Å²) in [6.45, 7) is 0. The van der Waals surface area contributed by atoms with Gasteiger partial charge in [-0.15, -0.1) is 0 Å². The lowest BCUT2D eigenvalue weighted by atomic mass is 10.1. The van der Waals surface area contributed by atoms with Gasteiger partial charge in [0.1, 0.15) is 0 Å². The molecule has 0 nitrogen and oxygen atoms in total. The summed E-state index contributed by atoms with van der Waals surface area (Å²) in [5.74, 6) is 0. The van der Waals surface area contributed by atoms with Crippen molar-refractivity contribution in [2.45, 2.75) is 0 Å². The topological polar surface area (TPSA) is 0 Å². The molecule has 0 spiro atoms. The summed E-state index contributed by atoms with van der Waals surface area (Å²) in [4.78, 5) is 0. The highest BCUT2D eigenvalue weighted by Crippen LogP contribution is 2.45. The SMILES string of the molecule is Clc1ccc(-c2c(Cl)c(Cl)cc(Cl)c2Cl)c(Cl)c1. The zero-order valence-corrected chi connectivity index (χ0v) is 13.1. The molecule has 0 aliphatic rings. The minimum atomic E-state index is 0.301. The second-order valence-electron chi connectivity index (χ2n) is 3.47. The predicted octanol–water partition coefficient (Wildman–Crippen LogP) is 7.27. The first-order chi connectivity index (χ1) is 8.41. The van der Waals surface area contributed by atoms with E-state index in [-0.39, 0.29) is 0 Å². The molecule has 2 aromatic carbocycles. The van der Waals surface area contributed by atoms with E-state index in [0.29, 0.717) is 41.3 Å². The number of rotatable bonds is 1. The van der Waals surface area contributed by atoms with Gasteiger partial charge in [-0.3, -0.25) is 0 Å². The molecule has 0 unspecified atom stereocenters. The Kier molecular flexibility index (Phi) is 4.59. The van der Waals surface area contributed by atoms with Crippen LogP contribution < -0.4 is 0 Å². The quantitative estimate of drug-likeness (QED) is 0.469. The molecule has 0 atom stereocenters. The number of hydrogen-bond acceptors (Lipinski definition) is 0. The second-order valence-corrected chi connectivity index (χ2v) is 5.88. The van der Waals surface area contributed by atoms with Crippen molar-refractivity contribution >= 4 is 69.6 Å². The zero-order valence-electron chi connectivity index (χ0n) is 8.58. The van der Waals surface area contributed by atoms with Crippen LogP contribution in [-0.2, 0) is 0 Å². The van der Waals surface area contributed by atoms with Crippen LogP contribution in [0.1, 0.15) is 0 Å².